The molecule has 0 spiro atoms. The normalized spacial score (nSPS) is 10.8. The fourth-order valence-electron chi connectivity index (χ4n) is 3.08. The second-order valence-electron chi connectivity index (χ2n) is 6.34. The van der Waals surface area contributed by atoms with Crippen LogP contribution in [0.4, 0.5) is 11.6 Å². The smallest absolute Gasteiger partial charge is 0.221 e. The summed E-state index contributed by atoms with van der Waals surface area (Å²) in [6.07, 6.45) is 5.04. The van der Waals surface area contributed by atoms with Crippen LogP contribution in [0.3, 0.4) is 0 Å². The summed E-state index contributed by atoms with van der Waals surface area (Å²) in [5.74, 6) is 0.0660. The van der Waals surface area contributed by atoms with Gasteiger partial charge in [-0.3, -0.25) is 9.78 Å². The number of anilines is 2. The summed E-state index contributed by atoms with van der Waals surface area (Å²) in [6, 6.07) is 13.4. The van der Waals surface area contributed by atoms with E-state index in [1.165, 1.54) is 6.92 Å². The molecule has 138 valence electrons. The summed E-state index contributed by atoms with van der Waals surface area (Å²) in [4.78, 5) is 24.1. The van der Waals surface area contributed by atoms with Crippen molar-refractivity contribution < 1.29 is 4.79 Å². The molecule has 6 nitrogen and oxygen atoms in total. The van der Waals surface area contributed by atoms with Gasteiger partial charge in [0.25, 0.3) is 0 Å². The number of nitrogen functional groups attached to an aromatic ring is 1. The number of rotatable bonds is 3. The summed E-state index contributed by atoms with van der Waals surface area (Å²) in [6.45, 7) is 1.47. The highest BCUT2D eigenvalue weighted by atomic mass is 35.5. The van der Waals surface area contributed by atoms with Gasteiger partial charge in [-0.05, 0) is 41.5 Å². The monoisotopic (exact) mass is 389 g/mol. The third-order valence-corrected chi connectivity index (χ3v) is 4.44. The number of carbonyl (C=O) groups is 1. The molecule has 2 aromatic carbocycles. The van der Waals surface area contributed by atoms with E-state index in [-0.39, 0.29) is 11.9 Å². The first-order valence-electron chi connectivity index (χ1n) is 8.55. The number of hydrogen-bond acceptors (Lipinski definition) is 5. The summed E-state index contributed by atoms with van der Waals surface area (Å²) >= 11 is 6.12. The summed E-state index contributed by atoms with van der Waals surface area (Å²) in [5.41, 5.74) is 10.8. The summed E-state index contributed by atoms with van der Waals surface area (Å²) in [5, 5.41) is 4.20. The van der Waals surface area contributed by atoms with Crippen molar-refractivity contribution in [1.82, 2.24) is 15.0 Å². The molecule has 0 bridgehead atoms. The standard InChI is InChI=1S/C21H16ClN5O/c1-12(28)26-18-4-2-3-13(7-18)19-8-14(15-6-17(22)11-24-9-15)5-16-10-25-21(23)27-20(16)19/h2-11H,1H3,(H,26,28)(H2,23,25,27). The maximum atomic E-state index is 11.4. The van der Waals surface area contributed by atoms with Crippen molar-refractivity contribution in [2.75, 3.05) is 11.1 Å². The predicted molar refractivity (Wildman–Crippen MR) is 112 cm³/mol. The number of aromatic nitrogens is 3. The van der Waals surface area contributed by atoms with Gasteiger partial charge in [0, 0.05) is 47.7 Å². The molecule has 0 aliphatic carbocycles. The van der Waals surface area contributed by atoms with E-state index < -0.39 is 0 Å². The van der Waals surface area contributed by atoms with Gasteiger partial charge in [-0.15, -0.1) is 0 Å². The maximum absolute atomic E-state index is 11.4. The van der Waals surface area contributed by atoms with Crippen LogP contribution < -0.4 is 11.1 Å². The molecule has 0 aliphatic heterocycles. The first-order chi connectivity index (χ1) is 13.5. The van der Waals surface area contributed by atoms with E-state index in [4.69, 9.17) is 17.3 Å². The molecule has 0 radical (unpaired) electrons. The van der Waals surface area contributed by atoms with E-state index >= 15 is 0 Å². The molecule has 4 aromatic rings. The number of fused-ring (bicyclic) bond motifs is 1. The average molecular weight is 390 g/mol. The van der Waals surface area contributed by atoms with Crippen molar-refractivity contribution in [3.8, 4) is 22.3 Å². The van der Waals surface area contributed by atoms with Gasteiger partial charge in [0.15, 0.2) is 0 Å². The molecule has 0 fully saturated rings. The first-order valence-corrected chi connectivity index (χ1v) is 8.92. The van der Waals surface area contributed by atoms with Gasteiger partial charge in [-0.25, -0.2) is 9.97 Å². The van der Waals surface area contributed by atoms with Gasteiger partial charge < -0.3 is 11.1 Å². The molecule has 7 heteroatoms. The Bertz CT molecular complexity index is 1210. The van der Waals surface area contributed by atoms with E-state index in [1.54, 1.807) is 18.6 Å². The number of halogens is 1. The van der Waals surface area contributed by atoms with Crippen molar-refractivity contribution in [2.45, 2.75) is 6.92 Å². The van der Waals surface area contributed by atoms with Gasteiger partial charge in [0.05, 0.1) is 10.5 Å². The van der Waals surface area contributed by atoms with Crippen LogP contribution in [0.15, 0.2) is 61.1 Å². The Morgan fingerprint density at radius 2 is 1.89 bits per heavy atom. The molecule has 2 aromatic heterocycles. The number of benzene rings is 2. The third-order valence-electron chi connectivity index (χ3n) is 4.23. The molecular formula is C21H16ClN5O. The lowest BCUT2D eigenvalue weighted by Crippen LogP contribution is -2.05. The van der Waals surface area contributed by atoms with E-state index in [9.17, 15) is 4.79 Å². The van der Waals surface area contributed by atoms with Crippen LogP contribution in [0.5, 0.6) is 0 Å². The van der Waals surface area contributed by atoms with Gasteiger partial charge in [0.1, 0.15) is 0 Å². The molecule has 4 rings (SSSR count). The largest absolute Gasteiger partial charge is 0.368 e. The Labute approximate surface area is 166 Å². The minimum absolute atomic E-state index is 0.132. The number of nitrogens with two attached hydrogens (primary N) is 1. The molecule has 0 atom stereocenters. The van der Waals surface area contributed by atoms with Crippen LogP contribution in [0, 0.1) is 0 Å². The van der Waals surface area contributed by atoms with Crippen molar-refractivity contribution in [3.63, 3.8) is 0 Å². The van der Waals surface area contributed by atoms with E-state index in [0.717, 1.165) is 33.2 Å². The predicted octanol–water partition coefficient (Wildman–Crippen LogP) is 4.55. The van der Waals surface area contributed by atoms with Crippen molar-refractivity contribution in [2.24, 2.45) is 0 Å². The van der Waals surface area contributed by atoms with E-state index in [2.05, 4.69) is 20.3 Å². The molecule has 1 amide bonds. The van der Waals surface area contributed by atoms with Gasteiger partial charge in [-0.1, -0.05) is 23.7 Å². The molecule has 0 aliphatic rings. The molecule has 3 N–H and O–H groups in total. The fraction of sp³-hybridized carbons (Fsp3) is 0.0476. The maximum Gasteiger partial charge on any atom is 0.221 e. The number of carbonyl (C=O) groups excluding carboxylic acids is 1. The average Bonchev–Trinajstić information content (AvgIpc) is 2.67. The third kappa shape index (κ3) is 3.63. The highest BCUT2D eigenvalue weighted by molar-refractivity contribution is 6.30. The molecule has 0 unspecified atom stereocenters. The lowest BCUT2D eigenvalue weighted by Gasteiger charge is -2.12. The number of amides is 1. The zero-order chi connectivity index (χ0) is 19.7. The summed E-state index contributed by atoms with van der Waals surface area (Å²) in [7, 11) is 0. The van der Waals surface area contributed by atoms with Crippen molar-refractivity contribution >= 4 is 40.0 Å². The second kappa shape index (κ2) is 7.25. The Hall–Kier alpha value is -3.51. The second-order valence-corrected chi connectivity index (χ2v) is 6.78. The van der Waals surface area contributed by atoms with Crippen molar-refractivity contribution in [3.05, 3.63) is 66.1 Å². The highest BCUT2D eigenvalue weighted by Gasteiger charge is 2.12. The van der Waals surface area contributed by atoms with E-state index in [0.29, 0.717) is 10.7 Å². The fourth-order valence-corrected chi connectivity index (χ4v) is 3.26. The molecule has 0 saturated carbocycles. The number of pyridine rings is 1. The molecular weight excluding hydrogens is 374 g/mol. The van der Waals surface area contributed by atoms with Crippen LogP contribution in [0.1, 0.15) is 6.92 Å². The van der Waals surface area contributed by atoms with Crippen molar-refractivity contribution in [1.29, 1.82) is 0 Å². The topological polar surface area (TPSA) is 93.8 Å². The molecule has 0 saturated heterocycles. The van der Waals surface area contributed by atoms with Gasteiger partial charge in [-0.2, -0.15) is 0 Å². The van der Waals surface area contributed by atoms with Crippen LogP contribution in [-0.4, -0.2) is 20.9 Å². The van der Waals surface area contributed by atoms with Gasteiger partial charge >= 0.3 is 0 Å². The molecule has 28 heavy (non-hydrogen) atoms. The van der Waals surface area contributed by atoms with E-state index in [1.807, 2.05) is 42.5 Å². The first kappa shape index (κ1) is 17.9. The zero-order valence-corrected chi connectivity index (χ0v) is 15.7. The quantitative estimate of drug-likeness (QED) is 0.536. The Morgan fingerprint density at radius 3 is 2.68 bits per heavy atom. The lowest BCUT2D eigenvalue weighted by atomic mass is 9.96. The lowest BCUT2D eigenvalue weighted by molar-refractivity contribution is -0.114. The number of nitrogens with one attached hydrogen (secondary N) is 1. The Morgan fingerprint density at radius 1 is 1.04 bits per heavy atom. The zero-order valence-electron chi connectivity index (χ0n) is 15.0. The van der Waals surface area contributed by atoms with Gasteiger partial charge in [0.2, 0.25) is 11.9 Å². The Balaban J connectivity index is 1.95. The van der Waals surface area contributed by atoms with Crippen LogP contribution in [0.25, 0.3) is 33.2 Å². The molecule has 2 heterocycles. The summed E-state index contributed by atoms with van der Waals surface area (Å²) < 4.78 is 0. The number of hydrogen-bond donors (Lipinski definition) is 2. The minimum Gasteiger partial charge on any atom is -0.368 e. The Kier molecular flexibility index (Phi) is 4.63. The van der Waals surface area contributed by atoms with Crippen LogP contribution >= 0.6 is 11.6 Å². The van der Waals surface area contributed by atoms with Crippen LogP contribution in [0.2, 0.25) is 5.02 Å². The minimum atomic E-state index is -0.132. The highest BCUT2D eigenvalue weighted by Crippen LogP contribution is 2.34. The number of nitrogens with zero attached hydrogens (tertiary/aromatic N) is 3. The SMILES string of the molecule is CC(=O)Nc1cccc(-c2cc(-c3cncc(Cl)c3)cc3cnc(N)nc23)c1. The van der Waals surface area contributed by atoms with Crippen LogP contribution in [-0.2, 0) is 4.79 Å².